The number of allylic oxidation sites excluding steroid dienone is 1. The first-order valence-electron chi connectivity index (χ1n) is 6.95. The number of aryl methyl sites for hydroxylation is 1. The number of anilines is 1. The van der Waals surface area contributed by atoms with Gasteiger partial charge in [0.1, 0.15) is 5.82 Å². The van der Waals surface area contributed by atoms with Crippen molar-refractivity contribution in [3.8, 4) is 0 Å². The van der Waals surface area contributed by atoms with E-state index in [1.807, 2.05) is 0 Å². The summed E-state index contributed by atoms with van der Waals surface area (Å²) in [5.41, 5.74) is 7.57. The van der Waals surface area contributed by atoms with E-state index in [4.69, 9.17) is 5.73 Å². The van der Waals surface area contributed by atoms with Crippen molar-refractivity contribution in [1.82, 2.24) is 9.55 Å². The van der Waals surface area contributed by atoms with Crippen LogP contribution in [0.4, 0.5) is 5.69 Å². The first-order valence-corrected chi connectivity index (χ1v) is 6.95. The third kappa shape index (κ3) is 2.14. The fourth-order valence-electron chi connectivity index (χ4n) is 2.97. The number of rotatable bonds is 1. The Morgan fingerprint density at radius 2 is 2.14 bits per heavy atom. The van der Waals surface area contributed by atoms with E-state index in [9.17, 15) is 9.59 Å². The Morgan fingerprint density at radius 1 is 1.38 bits per heavy atom. The third-order valence-electron chi connectivity index (χ3n) is 4.02. The zero-order valence-corrected chi connectivity index (χ0v) is 11.9. The van der Waals surface area contributed by atoms with E-state index in [0.717, 1.165) is 12.0 Å². The van der Waals surface area contributed by atoms with Crippen LogP contribution in [0.2, 0.25) is 0 Å². The van der Waals surface area contributed by atoms with Crippen LogP contribution < -0.4 is 11.3 Å². The minimum Gasteiger partial charge on any atom is -0.398 e. The van der Waals surface area contributed by atoms with Crippen molar-refractivity contribution < 1.29 is 4.79 Å². The minimum atomic E-state index is -0.459. The second kappa shape index (κ2) is 4.84. The van der Waals surface area contributed by atoms with Crippen molar-refractivity contribution in [2.24, 2.45) is 0 Å². The molecule has 1 atom stereocenters. The molecule has 1 fully saturated rings. The molecule has 1 aliphatic rings. The molecule has 0 radical (unpaired) electrons. The topological polar surface area (TPSA) is 78.0 Å². The highest BCUT2D eigenvalue weighted by molar-refractivity contribution is 5.90. The van der Waals surface area contributed by atoms with Crippen LogP contribution in [0.5, 0.6) is 0 Å². The number of nitrogens with two attached hydrogens (primary N) is 1. The lowest BCUT2D eigenvalue weighted by molar-refractivity contribution is -0.122. The molecule has 1 aromatic carbocycles. The molecule has 0 amide bonds. The summed E-state index contributed by atoms with van der Waals surface area (Å²) in [6.07, 6.45) is 1.68. The molecule has 0 unspecified atom stereocenters. The number of benzene rings is 1. The number of Topliss-reactive ketones (excluding diaryl/α,β-unsaturated/α-hetero) is 1. The third-order valence-corrected chi connectivity index (χ3v) is 4.02. The van der Waals surface area contributed by atoms with Gasteiger partial charge in [0.15, 0.2) is 5.78 Å². The average molecular weight is 283 g/mol. The monoisotopic (exact) mass is 283 g/mol. The molecule has 1 aliphatic carbocycles. The number of hydrogen-bond acceptors (Lipinski definition) is 4. The van der Waals surface area contributed by atoms with Crippen LogP contribution in [-0.2, 0) is 4.79 Å². The highest BCUT2D eigenvalue weighted by Crippen LogP contribution is 2.28. The Bertz CT molecular complexity index is 820. The predicted molar refractivity (Wildman–Crippen MR) is 82.2 cm³/mol. The van der Waals surface area contributed by atoms with Crippen LogP contribution in [-0.4, -0.2) is 15.3 Å². The summed E-state index contributed by atoms with van der Waals surface area (Å²) >= 11 is 0. The maximum atomic E-state index is 12.8. The largest absolute Gasteiger partial charge is 0.398 e. The zero-order chi connectivity index (χ0) is 15.1. The van der Waals surface area contributed by atoms with E-state index in [2.05, 4.69) is 11.6 Å². The summed E-state index contributed by atoms with van der Waals surface area (Å²) in [7, 11) is 0. The number of fused-ring (bicyclic) bond motifs is 1. The summed E-state index contributed by atoms with van der Waals surface area (Å²) < 4.78 is 1.49. The van der Waals surface area contributed by atoms with Gasteiger partial charge in [0.05, 0.1) is 16.9 Å². The van der Waals surface area contributed by atoms with Gasteiger partial charge in [-0.25, -0.2) is 4.98 Å². The summed E-state index contributed by atoms with van der Waals surface area (Å²) in [5.74, 6) is 0.566. The summed E-state index contributed by atoms with van der Waals surface area (Å²) in [6, 6.07) is 4.74. The minimum absolute atomic E-state index is 0.0205. The van der Waals surface area contributed by atoms with Gasteiger partial charge in [-0.05, 0) is 31.9 Å². The molecule has 0 bridgehead atoms. The molecule has 21 heavy (non-hydrogen) atoms. The molecule has 2 aromatic rings. The highest BCUT2D eigenvalue weighted by Gasteiger charge is 2.28. The SMILES string of the molecule is C=C1CC[C@@H](n2c(C)nc3cccc(N)c3c2=O)C(=O)C1. The molecule has 0 spiro atoms. The van der Waals surface area contributed by atoms with Crippen molar-refractivity contribution in [2.45, 2.75) is 32.2 Å². The van der Waals surface area contributed by atoms with Gasteiger partial charge in [-0.2, -0.15) is 0 Å². The fraction of sp³-hybridized carbons (Fsp3) is 0.312. The molecule has 5 nitrogen and oxygen atoms in total. The van der Waals surface area contributed by atoms with Gasteiger partial charge >= 0.3 is 0 Å². The van der Waals surface area contributed by atoms with Crippen molar-refractivity contribution >= 4 is 22.4 Å². The molecule has 1 heterocycles. The van der Waals surface area contributed by atoms with Crippen molar-refractivity contribution in [3.63, 3.8) is 0 Å². The number of hydrogen-bond donors (Lipinski definition) is 1. The highest BCUT2D eigenvalue weighted by atomic mass is 16.1. The quantitative estimate of drug-likeness (QED) is 0.642. The Hall–Kier alpha value is -2.43. The Balaban J connectivity index is 2.24. The standard InChI is InChI=1S/C16H17N3O2/c1-9-6-7-13(14(20)8-9)19-10(2)18-12-5-3-4-11(17)15(12)16(19)21/h3-5,13H,1,6-8,17H2,2H3/t13-/m1/s1. The molecule has 0 saturated heterocycles. The fourth-order valence-corrected chi connectivity index (χ4v) is 2.97. The van der Waals surface area contributed by atoms with Crippen molar-refractivity contribution in [1.29, 1.82) is 0 Å². The van der Waals surface area contributed by atoms with Gasteiger partial charge in [-0.15, -0.1) is 0 Å². The summed E-state index contributed by atoms with van der Waals surface area (Å²) in [5, 5.41) is 0.389. The van der Waals surface area contributed by atoms with Gasteiger partial charge in [-0.3, -0.25) is 14.2 Å². The van der Waals surface area contributed by atoms with Crippen LogP contribution >= 0.6 is 0 Å². The molecule has 1 aromatic heterocycles. The molecular formula is C16H17N3O2. The number of carbonyl (C=O) groups excluding carboxylic acids is 1. The van der Waals surface area contributed by atoms with E-state index in [1.54, 1.807) is 25.1 Å². The normalized spacial score (nSPS) is 19.2. The number of aromatic nitrogens is 2. The number of carbonyl (C=O) groups is 1. The lowest BCUT2D eigenvalue weighted by Gasteiger charge is -2.25. The molecule has 2 N–H and O–H groups in total. The van der Waals surface area contributed by atoms with E-state index >= 15 is 0 Å². The molecular weight excluding hydrogens is 266 g/mol. The number of nitrogens with zero attached hydrogens (tertiary/aromatic N) is 2. The second-order valence-corrected chi connectivity index (χ2v) is 5.52. The van der Waals surface area contributed by atoms with Gasteiger partial charge in [-0.1, -0.05) is 18.2 Å². The second-order valence-electron chi connectivity index (χ2n) is 5.52. The molecule has 3 rings (SSSR count). The lowest BCUT2D eigenvalue weighted by Crippen LogP contribution is -2.34. The first-order chi connectivity index (χ1) is 9.99. The summed E-state index contributed by atoms with van der Waals surface area (Å²) in [6.45, 7) is 5.61. The van der Waals surface area contributed by atoms with E-state index in [0.29, 0.717) is 35.3 Å². The van der Waals surface area contributed by atoms with Crippen LogP contribution in [0, 0.1) is 6.92 Å². The first kappa shape index (κ1) is 13.5. The summed E-state index contributed by atoms with van der Waals surface area (Å²) in [4.78, 5) is 29.5. The van der Waals surface area contributed by atoms with Crippen molar-refractivity contribution in [2.75, 3.05) is 5.73 Å². The van der Waals surface area contributed by atoms with Crippen LogP contribution in [0.1, 0.15) is 31.1 Å². The van der Waals surface area contributed by atoms with Gasteiger partial charge in [0.2, 0.25) is 0 Å². The number of ketones is 1. The van der Waals surface area contributed by atoms with Crippen molar-refractivity contribution in [3.05, 3.63) is 46.5 Å². The molecule has 1 saturated carbocycles. The Morgan fingerprint density at radius 3 is 2.86 bits per heavy atom. The predicted octanol–water partition coefficient (Wildman–Crippen LogP) is 2.14. The average Bonchev–Trinajstić information content (AvgIpc) is 2.40. The molecule has 5 heteroatoms. The van der Waals surface area contributed by atoms with Crippen LogP contribution in [0.3, 0.4) is 0 Å². The van der Waals surface area contributed by atoms with Gasteiger partial charge < -0.3 is 5.73 Å². The Kier molecular flexibility index (Phi) is 3.12. The molecule has 0 aliphatic heterocycles. The maximum Gasteiger partial charge on any atom is 0.264 e. The van der Waals surface area contributed by atoms with Crippen LogP contribution in [0.15, 0.2) is 35.1 Å². The van der Waals surface area contributed by atoms with Gasteiger partial charge in [0, 0.05) is 12.1 Å². The lowest BCUT2D eigenvalue weighted by atomic mass is 9.90. The van der Waals surface area contributed by atoms with E-state index in [1.165, 1.54) is 4.57 Å². The molecule has 108 valence electrons. The van der Waals surface area contributed by atoms with Gasteiger partial charge in [0.25, 0.3) is 5.56 Å². The smallest absolute Gasteiger partial charge is 0.264 e. The van der Waals surface area contributed by atoms with E-state index < -0.39 is 6.04 Å². The number of nitrogen functional groups attached to an aromatic ring is 1. The Labute approximate surface area is 122 Å². The van der Waals surface area contributed by atoms with E-state index in [-0.39, 0.29) is 11.3 Å². The maximum absolute atomic E-state index is 12.8. The zero-order valence-electron chi connectivity index (χ0n) is 11.9. The van der Waals surface area contributed by atoms with Crippen LogP contribution in [0.25, 0.3) is 10.9 Å².